The van der Waals surface area contributed by atoms with Gasteiger partial charge in [-0.1, -0.05) is 6.92 Å². The molecule has 118 valence electrons. The molecule has 2 atom stereocenters. The molecule has 1 aromatic heterocycles. The van der Waals surface area contributed by atoms with Crippen LogP contribution >= 0.6 is 11.3 Å². The van der Waals surface area contributed by atoms with Gasteiger partial charge in [-0.2, -0.15) is 11.3 Å². The van der Waals surface area contributed by atoms with Crippen molar-refractivity contribution in [3.63, 3.8) is 0 Å². The van der Waals surface area contributed by atoms with Crippen molar-refractivity contribution < 1.29 is 0 Å². The third-order valence-corrected chi connectivity index (χ3v) is 4.73. The molecule has 4 nitrogen and oxygen atoms in total. The summed E-state index contributed by atoms with van der Waals surface area (Å²) in [6.07, 6.45) is 1.29. The van der Waals surface area contributed by atoms with Gasteiger partial charge in [0.2, 0.25) is 0 Å². The molecule has 1 saturated heterocycles. The van der Waals surface area contributed by atoms with Crippen LogP contribution in [0.2, 0.25) is 0 Å². The molecule has 2 rings (SSSR count). The Hall–Kier alpha value is -1.07. The predicted molar refractivity (Wildman–Crippen MR) is 92.3 cm³/mol. The molecule has 0 bridgehead atoms. The van der Waals surface area contributed by atoms with Crippen molar-refractivity contribution in [3.05, 3.63) is 22.4 Å². The zero-order valence-electron chi connectivity index (χ0n) is 13.4. The summed E-state index contributed by atoms with van der Waals surface area (Å²) < 4.78 is 0. The lowest BCUT2D eigenvalue weighted by Crippen LogP contribution is -2.40. The minimum atomic E-state index is 0.476. The van der Waals surface area contributed by atoms with Gasteiger partial charge in [0.25, 0.3) is 0 Å². The molecule has 0 spiro atoms. The lowest BCUT2D eigenvalue weighted by atomic mass is 10.1. The molecular weight excluding hydrogens is 280 g/mol. The maximum Gasteiger partial charge on any atom is 0.191 e. The molecule has 0 aromatic carbocycles. The summed E-state index contributed by atoms with van der Waals surface area (Å²) >= 11 is 1.76. The maximum absolute atomic E-state index is 4.73. The minimum Gasteiger partial charge on any atom is -0.357 e. The number of rotatable bonds is 6. The van der Waals surface area contributed by atoms with Crippen molar-refractivity contribution in [2.75, 3.05) is 39.8 Å². The van der Waals surface area contributed by atoms with Crippen molar-refractivity contribution in [1.29, 1.82) is 0 Å². The molecule has 0 amide bonds. The normalized spacial score (nSPS) is 21.5. The van der Waals surface area contributed by atoms with Gasteiger partial charge in [-0.3, -0.25) is 4.99 Å². The van der Waals surface area contributed by atoms with E-state index >= 15 is 0 Å². The summed E-state index contributed by atoms with van der Waals surface area (Å²) in [6.45, 7) is 9.51. The van der Waals surface area contributed by atoms with E-state index in [0.717, 1.165) is 31.5 Å². The van der Waals surface area contributed by atoms with Crippen LogP contribution in [0.1, 0.15) is 31.7 Å². The van der Waals surface area contributed by atoms with Crippen molar-refractivity contribution in [2.45, 2.75) is 26.2 Å². The fourth-order valence-corrected chi connectivity index (χ4v) is 3.45. The number of nitrogens with one attached hydrogen (secondary N) is 2. The van der Waals surface area contributed by atoms with Gasteiger partial charge < -0.3 is 15.5 Å². The summed E-state index contributed by atoms with van der Waals surface area (Å²) in [6, 6.07) is 2.19. The number of hydrogen-bond donors (Lipinski definition) is 2. The maximum atomic E-state index is 4.73. The smallest absolute Gasteiger partial charge is 0.191 e. The lowest BCUT2D eigenvalue weighted by Gasteiger charge is -2.16. The Morgan fingerprint density at radius 3 is 3.00 bits per heavy atom. The summed E-state index contributed by atoms with van der Waals surface area (Å²) in [4.78, 5) is 7.13. The molecular formula is C16H28N4S. The van der Waals surface area contributed by atoms with Crippen LogP contribution < -0.4 is 10.6 Å². The van der Waals surface area contributed by atoms with Gasteiger partial charge >= 0.3 is 0 Å². The van der Waals surface area contributed by atoms with E-state index in [1.54, 1.807) is 11.3 Å². The second-order valence-electron chi connectivity index (χ2n) is 5.98. The third kappa shape index (κ3) is 5.32. The van der Waals surface area contributed by atoms with Crippen molar-refractivity contribution in [1.82, 2.24) is 15.5 Å². The van der Waals surface area contributed by atoms with E-state index < -0.39 is 0 Å². The molecule has 5 heteroatoms. The summed E-state index contributed by atoms with van der Waals surface area (Å²) in [5, 5.41) is 11.2. The zero-order valence-corrected chi connectivity index (χ0v) is 14.2. The fraction of sp³-hybridized carbons (Fsp3) is 0.688. The minimum absolute atomic E-state index is 0.476. The van der Waals surface area contributed by atoms with E-state index in [4.69, 9.17) is 4.99 Å². The molecule has 0 aliphatic carbocycles. The van der Waals surface area contributed by atoms with Gasteiger partial charge in [-0.25, -0.2) is 0 Å². The average Bonchev–Trinajstić information content (AvgIpc) is 3.13. The predicted octanol–water partition coefficient (Wildman–Crippen LogP) is 2.36. The van der Waals surface area contributed by atoms with Crippen LogP contribution in [0.4, 0.5) is 0 Å². The highest BCUT2D eigenvalue weighted by atomic mass is 32.1. The fourth-order valence-electron chi connectivity index (χ4n) is 2.66. The summed E-state index contributed by atoms with van der Waals surface area (Å²) in [5.74, 6) is 2.17. The summed E-state index contributed by atoms with van der Waals surface area (Å²) in [5.41, 5.74) is 1.39. The molecule has 1 aliphatic heterocycles. The van der Waals surface area contributed by atoms with Gasteiger partial charge in [0.15, 0.2) is 5.96 Å². The second-order valence-corrected chi connectivity index (χ2v) is 6.76. The zero-order chi connectivity index (χ0) is 15.1. The Morgan fingerprint density at radius 1 is 1.52 bits per heavy atom. The topological polar surface area (TPSA) is 39.7 Å². The number of guanidine groups is 1. The van der Waals surface area contributed by atoms with Gasteiger partial charge in [0, 0.05) is 32.1 Å². The standard InChI is InChI=1S/C16H28N4S/c1-4-17-16(19-10-14-5-7-20(3)11-14)18-9-13(2)15-6-8-21-12-15/h6,8,12-14H,4-5,7,9-11H2,1-3H3,(H2,17,18,19). The van der Waals surface area contributed by atoms with Crippen LogP contribution in [0.15, 0.2) is 21.8 Å². The molecule has 1 fully saturated rings. The van der Waals surface area contributed by atoms with Crippen LogP contribution in [-0.4, -0.2) is 50.6 Å². The lowest BCUT2D eigenvalue weighted by molar-refractivity contribution is 0.394. The van der Waals surface area contributed by atoms with Crippen molar-refractivity contribution in [3.8, 4) is 0 Å². The Balaban J connectivity index is 1.81. The Bertz CT molecular complexity index is 429. The van der Waals surface area contributed by atoms with Crippen molar-refractivity contribution in [2.24, 2.45) is 10.9 Å². The van der Waals surface area contributed by atoms with Gasteiger partial charge in [0.05, 0.1) is 0 Å². The monoisotopic (exact) mass is 308 g/mol. The van der Waals surface area contributed by atoms with Gasteiger partial charge in [-0.15, -0.1) is 0 Å². The van der Waals surface area contributed by atoms with Crippen LogP contribution in [0.3, 0.4) is 0 Å². The number of aliphatic imine (C=N–C) groups is 1. The second kappa shape index (κ2) is 8.39. The van der Waals surface area contributed by atoms with Crippen LogP contribution in [-0.2, 0) is 0 Å². The highest BCUT2D eigenvalue weighted by Gasteiger charge is 2.19. The Labute approximate surface area is 132 Å². The molecule has 0 radical (unpaired) electrons. The van der Waals surface area contributed by atoms with E-state index in [2.05, 4.69) is 53.3 Å². The Morgan fingerprint density at radius 2 is 2.38 bits per heavy atom. The number of likely N-dealkylation sites (tertiary alicyclic amines) is 1. The largest absolute Gasteiger partial charge is 0.357 e. The first-order valence-corrected chi connectivity index (χ1v) is 8.86. The van der Waals surface area contributed by atoms with Crippen molar-refractivity contribution >= 4 is 17.3 Å². The highest BCUT2D eigenvalue weighted by Crippen LogP contribution is 2.18. The molecule has 2 heterocycles. The molecule has 1 aliphatic rings. The summed E-state index contributed by atoms with van der Waals surface area (Å²) in [7, 11) is 2.20. The first kappa shape index (κ1) is 16.3. The number of nitrogens with zero attached hydrogens (tertiary/aromatic N) is 2. The molecule has 1 aromatic rings. The first-order chi connectivity index (χ1) is 10.2. The van der Waals surface area contributed by atoms with E-state index in [1.165, 1.54) is 25.1 Å². The van der Waals surface area contributed by atoms with Gasteiger partial charge in [0.1, 0.15) is 0 Å². The van der Waals surface area contributed by atoms with Gasteiger partial charge in [-0.05, 0) is 55.2 Å². The Kier molecular flexibility index (Phi) is 6.51. The first-order valence-electron chi connectivity index (χ1n) is 7.91. The third-order valence-electron chi connectivity index (χ3n) is 4.03. The van der Waals surface area contributed by atoms with Crippen LogP contribution in [0.25, 0.3) is 0 Å². The van der Waals surface area contributed by atoms with E-state index in [1.807, 2.05) is 0 Å². The van der Waals surface area contributed by atoms with E-state index in [0.29, 0.717) is 5.92 Å². The van der Waals surface area contributed by atoms with E-state index in [-0.39, 0.29) is 0 Å². The quantitative estimate of drug-likeness (QED) is 0.626. The molecule has 2 unspecified atom stereocenters. The molecule has 21 heavy (non-hydrogen) atoms. The molecule has 0 saturated carbocycles. The average molecular weight is 308 g/mol. The number of hydrogen-bond acceptors (Lipinski definition) is 3. The molecule has 2 N–H and O–H groups in total. The highest BCUT2D eigenvalue weighted by molar-refractivity contribution is 7.07. The van der Waals surface area contributed by atoms with Crippen LogP contribution in [0, 0.1) is 5.92 Å². The van der Waals surface area contributed by atoms with E-state index in [9.17, 15) is 0 Å². The SMILES string of the molecule is CCNC(=NCC(C)c1ccsc1)NCC1CCN(C)C1. The number of thiophene rings is 1. The van der Waals surface area contributed by atoms with Crippen LogP contribution in [0.5, 0.6) is 0 Å².